The minimum Gasteiger partial charge on any atom is -0.395 e. The molecule has 8 heavy (non-hydrogen) atoms. The van der Waals surface area contributed by atoms with Gasteiger partial charge in [0.1, 0.15) is 0 Å². The van der Waals surface area contributed by atoms with Gasteiger partial charge in [0, 0.05) is 6.61 Å². The maximum Gasteiger partial charge on any atom is 0.0770 e. The van der Waals surface area contributed by atoms with E-state index >= 15 is 0 Å². The van der Waals surface area contributed by atoms with Crippen LogP contribution >= 0.6 is 0 Å². The molecule has 0 amide bonds. The van der Waals surface area contributed by atoms with Gasteiger partial charge in [0.05, 0.1) is 18.8 Å². The first-order valence-corrected chi connectivity index (χ1v) is 2.82. The molecule has 0 saturated carbocycles. The molecule has 3 N–H and O–H groups in total. The molecular weight excluding hydrogens is 106 g/mol. The van der Waals surface area contributed by atoms with Gasteiger partial charge in [-0.15, -0.1) is 0 Å². The van der Waals surface area contributed by atoms with Gasteiger partial charge in [0.15, 0.2) is 0 Å². The Morgan fingerprint density at radius 2 is 2.50 bits per heavy atom. The third-order valence-electron chi connectivity index (χ3n) is 1.42. The van der Waals surface area contributed by atoms with Crippen LogP contribution in [-0.2, 0) is 4.74 Å². The van der Waals surface area contributed by atoms with E-state index in [1.54, 1.807) is 0 Å². The van der Waals surface area contributed by atoms with Crippen molar-refractivity contribution in [3.8, 4) is 0 Å². The van der Waals surface area contributed by atoms with Crippen molar-refractivity contribution < 1.29 is 9.84 Å². The average molecular weight is 117 g/mol. The predicted octanol–water partition coefficient (Wildman–Crippen LogP) is -0.905. The monoisotopic (exact) mass is 117 g/mol. The van der Waals surface area contributed by atoms with Crippen LogP contribution in [0, 0.1) is 0 Å². The Kier molecular flexibility index (Phi) is 1.83. The van der Waals surface area contributed by atoms with Gasteiger partial charge in [-0.2, -0.15) is 0 Å². The summed E-state index contributed by atoms with van der Waals surface area (Å²) in [4.78, 5) is 0. The van der Waals surface area contributed by atoms with E-state index < -0.39 is 0 Å². The first-order chi connectivity index (χ1) is 3.84. The van der Waals surface area contributed by atoms with Crippen LogP contribution in [0.5, 0.6) is 0 Å². The molecule has 48 valence electrons. The predicted molar refractivity (Wildman–Crippen MR) is 29.4 cm³/mol. The van der Waals surface area contributed by atoms with Gasteiger partial charge in [-0.3, -0.25) is 0 Å². The van der Waals surface area contributed by atoms with E-state index in [2.05, 4.69) is 0 Å². The van der Waals surface area contributed by atoms with E-state index in [9.17, 15) is 0 Å². The zero-order valence-electron chi connectivity index (χ0n) is 4.71. The fourth-order valence-corrected chi connectivity index (χ4v) is 0.709. The van der Waals surface area contributed by atoms with Crippen LogP contribution in [0.15, 0.2) is 0 Å². The summed E-state index contributed by atoms with van der Waals surface area (Å²) in [6.07, 6.45) is 1.13. The molecule has 0 aromatic rings. The molecule has 0 aliphatic carbocycles. The molecular formula is C5H11NO2. The highest BCUT2D eigenvalue weighted by Gasteiger charge is 2.24. The topological polar surface area (TPSA) is 55.5 Å². The second-order valence-corrected chi connectivity index (χ2v) is 2.04. The molecule has 3 heteroatoms. The first kappa shape index (κ1) is 6.01. The lowest BCUT2D eigenvalue weighted by molar-refractivity contribution is -0.0722. The molecule has 2 unspecified atom stereocenters. The van der Waals surface area contributed by atoms with Crippen LogP contribution in [0.1, 0.15) is 6.42 Å². The van der Waals surface area contributed by atoms with E-state index in [4.69, 9.17) is 15.6 Å². The normalized spacial score (nSPS) is 31.5. The Morgan fingerprint density at radius 3 is 2.62 bits per heavy atom. The Morgan fingerprint density at radius 1 is 1.88 bits per heavy atom. The van der Waals surface area contributed by atoms with Gasteiger partial charge in [-0.05, 0) is 6.42 Å². The lowest BCUT2D eigenvalue weighted by atomic mass is 10.1. The first-order valence-electron chi connectivity index (χ1n) is 2.82. The Bertz CT molecular complexity index is 70.1. The number of hydrogen-bond acceptors (Lipinski definition) is 3. The van der Waals surface area contributed by atoms with Crippen LogP contribution < -0.4 is 5.73 Å². The Balaban J connectivity index is 2.13. The third-order valence-corrected chi connectivity index (χ3v) is 1.42. The molecule has 1 aliphatic heterocycles. The lowest BCUT2D eigenvalue weighted by Gasteiger charge is -2.30. The third kappa shape index (κ3) is 0.992. The van der Waals surface area contributed by atoms with Crippen LogP contribution in [0.4, 0.5) is 0 Å². The van der Waals surface area contributed by atoms with Crippen LogP contribution in [0.2, 0.25) is 0 Å². The number of rotatable bonds is 2. The van der Waals surface area contributed by atoms with Crippen LogP contribution in [0.3, 0.4) is 0 Å². The smallest absolute Gasteiger partial charge is 0.0770 e. The number of aliphatic hydroxyl groups excluding tert-OH is 1. The summed E-state index contributed by atoms with van der Waals surface area (Å²) in [6.45, 7) is 0.836. The van der Waals surface area contributed by atoms with E-state index in [0.29, 0.717) is 0 Å². The van der Waals surface area contributed by atoms with Crippen LogP contribution in [0.25, 0.3) is 0 Å². The molecule has 1 aliphatic rings. The van der Waals surface area contributed by atoms with Crippen molar-refractivity contribution in [1.29, 1.82) is 0 Å². The SMILES string of the molecule is NC(CO)C1CCO1. The molecule has 0 spiro atoms. The van der Waals surface area contributed by atoms with Gasteiger partial charge >= 0.3 is 0 Å². The van der Waals surface area contributed by atoms with Crippen molar-refractivity contribution in [3.63, 3.8) is 0 Å². The zero-order valence-corrected chi connectivity index (χ0v) is 4.71. The highest BCUT2D eigenvalue weighted by molar-refractivity contribution is 4.77. The molecule has 1 fully saturated rings. The highest BCUT2D eigenvalue weighted by atomic mass is 16.5. The highest BCUT2D eigenvalue weighted by Crippen LogP contribution is 2.12. The standard InChI is InChI=1S/C5H11NO2/c6-4(3-7)5-1-2-8-5/h4-5,7H,1-3,6H2. The second kappa shape index (κ2) is 2.44. The summed E-state index contributed by atoms with van der Waals surface area (Å²) in [6, 6.07) is -0.163. The zero-order chi connectivity index (χ0) is 5.98. The maximum atomic E-state index is 8.47. The van der Waals surface area contributed by atoms with E-state index in [1.165, 1.54) is 0 Å². The average Bonchev–Trinajstić information content (AvgIpc) is 1.62. The van der Waals surface area contributed by atoms with Crippen molar-refractivity contribution >= 4 is 0 Å². The maximum absolute atomic E-state index is 8.47. The molecule has 0 bridgehead atoms. The molecule has 2 atom stereocenters. The summed E-state index contributed by atoms with van der Waals surface area (Å²) < 4.78 is 5.00. The molecule has 1 saturated heterocycles. The lowest BCUT2D eigenvalue weighted by Crippen LogP contribution is -2.46. The van der Waals surface area contributed by atoms with Gasteiger partial charge in [0.25, 0.3) is 0 Å². The second-order valence-electron chi connectivity index (χ2n) is 2.04. The number of nitrogens with two attached hydrogens (primary N) is 1. The van der Waals surface area contributed by atoms with Crippen molar-refractivity contribution in [2.24, 2.45) is 5.73 Å². The van der Waals surface area contributed by atoms with Crippen LogP contribution in [-0.4, -0.2) is 30.5 Å². The van der Waals surface area contributed by atoms with Crippen molar-refractivity contribution in [2.45, 2.75) is 18.6 Å². The molecule has 0 aromatic heterocycles. The van der Waals surface area contributed by atoms with Crippen molar-refractivity contribution in [3.05, 3.63) is 0 Å². The Hall–Kier alpha value is -0.120. The number of hydrogen-bond donors (Lipinski definition) is 2. The molecule has 1 heterocycles. The summed E-state index contributed by atoms with van der Waals surface area (Å²) in [7, 11) is 0. The summed E-state index contributed by atoms with van der Waals surface area (Å²) in [5, 5.41) is 8.47. The van der Waals surface area contributed by atoms with Gasteiger partial charge in [-0.25, -0.2) is 0 Å². The minimum absolute atomic E-state index is 0.0324. The fraction of sp³-hybridized carbons (Fsp3) is 1.00. The number of aliphatic hydroxyl groups is 1. The van der Waals surface area contributed by atoms with Crippen molar-refractivity contribution in [2.75, 3.05) is 13.2 Å². The van der Waals surface area contributed by atoms with Gasteiger partial charge in [0.2, 0.25) is 0 Å². The summed E-state index contributed by atoms with van der Waals surface area (Å²) in [5.74, 6) is 0. The number of ether oxygens (including phenoxy) is 1. The van der Waals surface area contributed by atoms with E-state index in [0.717, 1.165) is 13.0 Å². The summed E-state index contributed by atoms with van der Waals surface area (Å²) in [5.41, 5.74) is 5.40. The van der Waals surface area contributed by atoms with Crippen molar-refractivity contribution in [1.82, 2.24) is 0 Å². The minimum atomic E-state index is -0.163. The molecule has 0 aromatic carbocycles. The molecule has 0 radical (unpaired) electrons. The van der Waals surface area contributed by atoms with Gasteiger partial charge in [-0.1, -0.05) is 0 Å². The fourth-order valence-electron chi connectivity index (χ4n) is 0.709. The van der Waals surface area contributed by atoms with E-state index in [-0.39, 0.29) is 18.8 Å². The summed E-state index contributed by atoms with van der Waals surface area (Å²) >= 11 is 0. The molecule has 3 nitrogen and oxygen atoms in total. The molecule has 1 rings (SSSR count). The largest absolute Gasteiger partial charge is 0.395 e. The van der Waals surface area contributed by atoms with E-state index in [1.807, 2.05) is 0 Å². The Labute approximate surface area is 48.4 Å². The van der Waals surface area contributed by atoms with Gasteiger partial charge < -0.3 is 15.6 Å². The quantitative estimate of drug-likeness (QED) is 0.492.